The molecular weight excluding hydrogens is 256 g/mol. The third-order valence-electron chi connectivity index (χ3n) is 2.93. The third-order valence-corrected chi connectivity index (χ3v) is 3.91. The molecule has 0 aliphatic carbocycles. The molecule has 0 radical (unpaired) electrons. The van der Waals surface area contributed by atoms with E-state index in [1.807, 2.05) is 38.4 Å². The maximum Gasteiger partial charge on any atom is 0.194 e. The largest absolute Gasteiger partial charge is 0.491 e. The monoisotopic (exact) mass is 272 g/mol. The van der Waals surface area contributed by atoms with E-state index in [9.17, 15) is 0 Å². The number of hydrogen-bond donors (Lipinski definition) is 0. The Labute approximate surface area is 116 Å². The molecule has 0 fully saturated rings. The minimum absolute atomic E-state index is 0.203. The molecule has 3 rings (SSSR count). The Kier molecular flexibility index (Phi) is 3.03. The zero-order chi connectivity index (χ0) is 13.4. The van der Waals surface area contributed by atoms with Gasteiger partial charge in [-0.05, 0) is 50.6 Å². The number of benzene rings is 1. The number of imidazole rings is 1. The van der Waals surface area contributed by atoms with E-state index in [1.165, 1.54) is 16.1 Å². The molecule has 2 heterocycles. The molecular formula is C15H16N2OS. The highest BCUT2D eigenvalue weighted by Gasteiger charge is 2.11. The van der Waals surface area contributed by atoms with E-state index in [1.54, 1.807) is 11.3 Å². The molecule has 0 aliphatic rings. The Bertz CT molecular complexity index is 695. The van der Waals surface area contributed by atoms with E-state index >= 15 is 0 Å². The molecule has 0 aliphatic heterocycles. The summed E-state index contributed by atoms with van der Waals surface area (Å²) in [5.41, 5.74) is 2.41. The number of hydrogen-bond acceptors (Lipinski definition) is 3. The Morgan fingerprint density at radius 1 is 1.21 bits per heavy atom. The molecule has 2 aromatic heterocycles. The van der Waals surface area contributed by atoms with Crippen molar-refractivity contribution in [2.24, 2.45) is 0 Å². The first-order chi connectivity index (χ1) is 9.15. The second-order valence-electron chi connectivity index (χ2n) is 4.78. The van der Waals surface area contributed by atoms with Crippen LogP contribution in [0.1, 0.15) is 18.7 Å². The lowest BCUT2D eigenvalue weighted by Crippen LogP contribution is -2.05. The van der Waals surface area contributed by atoms with Crippen LogP contribution in [0, 0.1) is 6.92 Å². The highest BCUT2D eigenvalue weighted by atomic mass is 32.1. The van der Waals surface area contributed by atoms with Crippen molar-refractivity contribution in [1.29, 1.82) is 0 Å². The number of ether oxygens (including phenoxy) is 1. The molecule has 0 unspecified atom stereocenters. The first kappa shape index (κ1) is 12.2. The molecule has 0 bridgehead atoms. The number of fused-ring (bicyclic) bond motifs is 1. The topological polar surface area (TPSA) is 26.5 Å². The summed E-state index contributed by atoms with van der Waals surface area (Å²) < 4.78 is 7.81. The lowest BCUT2D eigenvalue weighted by Gasteiger charge is -2.10. The van der Waals surface area contributed by atoms with Gasteiger partial charge in [0.2, 0.25) is 0 Å². The van der Waals surface area contributed by atoms with Gasteiger partial charge in [0.25, 0.3) is 0 Å². The lowest BCUT2D eigenvalue weighted by molar-refractivity contribution is 0.242. The Morgan fingerprint density at radius 3 is 2.63 bits per heavy atom. The normalized spacial score (nSPS) is 11.4. The average molecular weight is 272 g/mol. The number of aryl methyl sites for hydroxylation is 1. The standard InChI is InChI=1S/C15H16N2OS/c1-10(2)18-13-6-4-12(5-7-13)14-11(3)19-15-16-8-9-17(14)15/h4-10H,1-3H3. The molecule has 98 valence electrons. The van der Waals surface area contributed by atoms with Crippen LogP contribution in [0.4, 0.5) is 0 Å². The van der Waals surface area contributed by atoms with Crippen molar-refractivity contribution >= 4 is 16.3 Å². The van der Waals surface area contributed by atoms with E-state index in [0.717, 1.165) is 10.7 Å². The maximum absolute atomic E-state index is 5.67. The molecule has 3 nitrogen and oxygen atoms in total. The average Bonchev–Trinajstić information content (AvgIpc) is 2.89. The van der Waals surface area contributed by atoms with Crippen LogP contribution in [-0.2, 0) is 0 Å². The van der Waals surface area contributed by atoms with Gasteiger partial charge >= 0.3 is 0 Å². The predicted octanol–water partition coefficient (Wildman–Crippen LogP) is 4.16. The fourth-order valence-electron chi connectivity index (χ4n) is 2.20. The molecule has 0 saturated carbocycles. The van der Waals surface area contributed by atoms with Gasteiger partial charge < -0.3 is 4.74 Å². The van der Waals surface area contributed by atoms with Crippen LogP contribution in [0.15, 0.2) is 36.7 Å². The molecule has 1 aromatic carbocycles. The van der Waals surface area contributed by atoms with Crippen molar-refractivity contribution in [3.05, 3.63) is 41.5 Å². The summed E-state index contributed by atoms with van der Waals surface area (Å²) in [6, 6.07) is 8.25. The zero-order valence-electron chi connectivity index (χ0n) is 11.3. The quantitative estimate of drug-likeness (QED) is 0.715. The smallest absolute Gasteiger partial charge is 0.194 e. The van der Waals surface area contributed by atoms with Crippen molar-refractivity contribution in [2.75, 3.05) is 0 Å². The lowest BCUT2D eigenvalue weighted by atomic mass is 10.1. The summed E-state index contributed by atoms with van der Waals surface area (Å²) in [6.07, 6.45) is 4.05. The van der Waals surface area contributed by atoms with E-state index in [4.69, 9.17) is 4.74 Å². The summed E-state index contributed by atoms with van der Waals surface area (Å²) in [7, 11) is 0. The molecule has 0 N–H and O–H groups in total. The second kappa shape index (κ2) is 4.70. The van der Waals surface area contributed by atoms with E-state index in [0.29, 0.717) is 0 Å². The van der Waals surface area contributed by atoms with Crippen molar-refractivity contribution in [1.82, 2.24) is 9.38 Å². The van der Waals surface area contributed by atoms with Gasteiger partial charge in [-0.3, -0.25) is 4.40 Å². The summed E-state index contributed by atoms with van der Waals surface area (Å²) in [5, 5.41) is 0. The van der Waals surface area contributed by atoms with Crippen molar-refractivity contribution in [3.8, 4) is 17.0 Å². The van der Waals surface area contributed by atoms with E-state index in [-0.39, 0.29) is 6.10 Å². The van der Waals surface area contributed by atoms with Crippen LogP contribution in [0.25, 0.3) is 16.2 Å². The summed E-state index contributed by atoms with van der Waals surface area (Å²) in [6.45, 7) is 6.20. The van der Waals surface area contributed by atoms with Gasteiger partial charge in [0.1, 0.15) is 5.75 Å². The SMILES string of the molecule is Cc1sc2nccn2c1-c1ccc(OC(C)C)cc1. The molecule has 0 atom stereocenters. The number of thiazole rings is 1. The fourth-order valence-corrected chi connectivity index (χ4v) is 3.15. The van der Waals surface area contributed by atoms with Crippen LogP contribution in [-0.4, -0.2) is 15.5 Å². The summed E-state index contributed by atoms with van der Waals surface area (Å²) in [5.74, 6) is 0.911. The Balaban J connectivity index is 2.02. The number of aromatic nitrogens is 2. The van der Waals surface area contributed by atoms with Gasteiger partial charge in [-0.25, -0.2) is 4.98 Å². The zero-order valence-corrected chi connectivity index (χ0v) is 12.1. The van der Waals surface area contributed by atoms with Gasteiger partial charge in [-0.15, -0.1) is 11.3 Å². The maximum atomic E-state index is 5.67. The van der Waals surface area contributed by atoms with Gasteiger partial charge in [-0.1, -0.05) is 0 Å². The van der Waals surface area contributed by atoms with Crippen LogP contribution in [0.5, 0.6) is 5.75 Å². The van der Waals surface area contributed by atoms with Crippen LogP contribution < -0.4 is 4.74 Å². The molecule has 0 spiro atoms. The molecule has 0 amide bonds. The Morgan fingerprint density at radius 2 is 1.95 bits per heavy atom. The first-order valence-electron chi connectivity index (χ1n) is 6.34. The Hall–Kier alpha value is -1.81. The van der Waals surface area contributed by atoms with Crippen molar-refractivity contribution in [3.63, 3.8) is 0 Å². The van der Waals surface area contributed by atoms with Crippen molar-refractivity contribution in [2.45, 2.75) is 26.9 Å². The predicted molar refractivity (Wildman–Crippen MR) is 79.0 cm³/mol. The number of rotatable bonds is 3. The van der Waals surface area contributed by atoms with Gasteiger partial charge in [0.15, 0.2) is 4.96 Å². The molecule has 3 aromatic rings. The highest BCUT2D eigenvalue weighted by Crippen LogP contribution is 2.31. The van der Waals surface area contributed by atoms with Crippen LogP contribution in [0.3, 0.4) is 0 Å². The molecule has 0 saturated heterocycles. The van der Waals surface area contributed by atoms with E-state index in [2.05, 4.69) is 28.4 Å². The molecule has 4 heteroatoms. The molecule has 19 heavy (non-hydrogen) atoms. The second-order valence-corrected chi connectivity index (χ2v) is 5.96. The van der Waals surface area contributed by atoms with Crippen LogP contribution >= 0.6 is 11.3 Å². The minimum atomic E-state index is 0.203. The van der Waals surface area contributed by atoms with Crippen molar-refractivity contribution < 1.29 is 4.74 Å². The summed E-state index contributed by atoms with van der Waals surface area (Å²) in [4.78, 5) is 6.65. The third kappa shape index (κ3) is 2.24. The van der Waals surface area contributed by atoms with Gasteiger partial charge in [-0.2, -0.15) is 0 Å². The highest BCUT2D eigenvalue weighted by molar-refractivity contribution is 7.17. The summed E-state index contributed by atoms with van der Waals surface area (Å²) >= 11 is 1.72. The fraction of sp³-hybridized carbons (Fsp3) is 0.267. The minimum Gasteiger partial charge on any atom is -0.491 e. The van der Waals surface area contributed by atoms with Crippen LogP contribution in [0.2, 0.25) is 0 Å². The first-order valence-corrected chi connectivity index (χ1v) is 7.16. The van der Waals surface area contributed by atoms with Gasteiger partial charge in [0.05, 0.1) is 11.8 Å². The number of nitrogens with zero attached hydrogens (tertiary/aromatic N) is 2. The van der Waals surface area contributed by atoms with E-state index < -0.39 is 0 Å². The van der Waals surface area contributed by atoms with Gasteiger partial charge in [0, 0.05) is 17.3 Å².